The smallest absolute Gasteiger partial charge is 0.399 e. The lowest BCUT2D eigenvalue weighted by atomic mass is 9.80. The van der Waals surface area contributed by atoms with E-state index in [9.17, 15) is 0 Å². The van der Waals surface area contributed by atoms with Gasteiger partial charge < -0.3 is 14.2 Å². The van der Waals surface area contributed by atoms with Gasteiger partial charge in [-0.2, -0.15) is 0 Å². The van der Waals surface area contributed by atoms with Crippen LogP contribution in [0.15, 0.2) is 18.3 Å². The SMILES string of the molecule is [2H]c1nc(N2C([2H])([2H])C([2H])([2H])C([2H])([2H])C([2H])([2H])C2([2H])C([2H])([2H])[2H])c([2H])c([2H])c1B1OC(C)(C)C(C)(C)O1. The van der Waals surface area contributed by atoms with Crippen LogP contribution in [0.5, 0.6) is 0 Å². The van der Waals surface area contributed by atoms with Crippen LogP contribution in [0, 0.1) is 0 Å². The minimum atomic E-state index is -3.91. The number of hydrogen-bond donors (Lipinski definition) is 0. The molecule has 4 nitrogen and oxygen atoms in total. The Bertz CT molecular complexity index is 1110. The maximum absolute atomic E-state index is 8.67. The van der Waals surface area contributed by atoms with Crippen LogP contribution in [0.25, 0.3) is 0 Å². The van der Waals surface area contributed by atoms with E-state index in [-0.39, 0.29) is 10.4 Å². The van der Waals surface area contributed by atoms with Crippen LogP contribution >= 0.6 is 0 Å². The summed E-state index contributed by atoms with van der Waals surface area (Å²) in [7, 11) is -1.37. The molecule has 0 radical (unpaired) electrons. The van der Waals surface area contributed by atoms with Gasteiger partial charge in [0.25, 0.3) is 0 Å². The van der Waals surface area contributed by atoms with E-state index in [1.165, 1.54) is 0 Å². The van der Waals surface area contributed by atoms with E-state index in [1.54, 1.807) is 27.7 Å². The molecule has 1 aromatic heterocycles. The van der Waals surface area contributed by atoms with E-state index < -0.39 is 80.9 Å². The Labute approximate surface area is 155 Å². The Morgan fingerprint density at radius 3 is 2.77 bits per heavy atom. The van der Waals surface area contributed by atoms with Crippen LogP contribution in [-0.2, 0) is 9.31 Å². The molecule has 0 aliphatic carbocycles. The largest absolute Gasteiger partial charge is 0.496 e. The molecule has 120 valence electrons. The molecule has 2 saturated heterocycles. The van der Waals surface area contributed by atoms with E-state index >= 15 is 0 Å². The third kappa shape index (κ3) is 2.76. The Hall–Kier alpha value is -1.07. The Morgan fingerprint density at radius 2 is 2.09 bits per heavy atom. The summed E-state index contributed by atoms with van der Waals surface area (Å²) < 4.78 is 135. The lowest BCUT2D eigenvalue weighted by Gasteiger charge is -2.34. The summed E-state index contributed by atoms with van der Waals surface area (Å²) in [6.07, 6.45) is -12.4. The van der Waals surface area contributed by atoms with Gasteiger partial charge in [-0.15, -0.1) is 0 Å². The zero-order valence-corrected chi connectivity index (χ0v) is 12.8. The number of hydrogen-bond acceptors (Lipinski definition) is 4. The first kappa shape index (κ1) is 5.78. The zero-order valence-electron chi connectivity index (χ0n) is 27.8. The second-order valence-electron chi connectivity index (χ2n) is 5.97. The van der Waals surface area contributed by atoms with Gasteiger partial charge in [0.2, 0.25) is 0 Å². The quantitative estimate of drug-likeness (QED) is 0.786. The molecule has 0 bridgehead atoms. The van der Waals surface area contributed by atoms with Gasteiger partial charge in [-0.3, -0.25) is 0 Å². The van der Waals surface area contributed by atoms with Gasteiger partial charge in [-0.1, -0.05) is 6.04 Å². The molecule has 0 saturated carbocycles. The zero-order chi connectivity index (χ0) is 29.2. The minimum Gasteiger partial charge on any atom is -0.399 e. The first-order chi connectivity index (χ1) is 16.1. The molecular weight excluding hydrogens is 275 g/mol. The van der Waals surface area contributed by atoms with Gasteiger partial charge in [-0.05, 0) is 59.7 Å². The molecule has 2 fully saturated rings. The Balaban J connectivity index is 2.36. The second kappa shape index (κ2) is 5.53. The molecule has 5 heteroatoms. The molecule has 3 heterocycles. The fourth-order valence-corrected chi connectivity index (χ4v) is 1.92. The van der Waals surface area contributed by atoms with Crippen molar-refractivity contribution in [1.29, 1.82) is 0 Å². The molecule has 1 aromatic rings. The molecule has 2 aliphatic rings. The first-order valence-electron chi connectivity index (χ1n) is 14.3. The summed E-state index contributed by atoms with van der Waals surface area (Å²) in [5, 5.41) is 0. The summed E-state index contributed by atoms with van der Waals surface area (Å²) in [6.45, 7) is -0.852. The predicted molar refractivity (Wildman–Crippen MR) is 90.6 cm³/mol. The van der Waals surface area contributed by atoms with Crippen LogP contribution in [0.3, 0.4) is 0 Å². The fourth-order valence-electron chi connectivity index (χ4n) is 1.92. The maximum Gasteiger partial charge on any atom is 0.496 e. The molecule has 1 unspecified atom stereocenters. The highest BCUT2D eigenvalue weighted by Crippen LogP contribution is 2.36. The molecule has 2 aliphatic heterocycles. The topological polar surface area (TPSA) is 34.6 Å². The average molecular weight is 317 g/mol. The number of aromatic nitrogens is 1. The molecule has 0 spiro atoms. The van der Waals surface area contributed by atoms with Crippen LogP contribution in [0.2, 0.25) is 0 Å². The Kier molecular flexibility index (Phi) is 1.45. The minimum absolute atomic E-state index is 0.263. The highest BCUT2D eigenvalue weighted by atomic mass is 16.7. The summed E-state index contributed by atoms with van der Waals surface area (Å²) in [6, 6.07) is -5.77. The van der Waals surface area contributed by atoms with Gasteiger partial charge in [0.05, 0.1) is 16.7 Å². The van der Waals surface area contributed by atoms with Crippen molar-refractivity contribution in [3.63, 3.8) is 0 Å². The lowest BCUT2D eigenvalue weighted by molar-refractivity contribution is 0.00578. The average Bonchev–Trinajstić information content (AvgIpc) is 2.90. The Morgan fingerprint density at radius 1 is 1.36 bits per heavy atom. The van der Waals surface area contributed by atoms with Crippen LogP contribution in [-0.4, -0.2) is 35.8 Å². The number of rotatable bonds is 2. The van der Waals surface area contributed by atoms with E-state index in [2.05, 4.69) is 4.98 Å². The summed E-state index contributed by atoms with van der Waals surface area (Å²) >= 11 is 0. The molecule has 1 atom stereocenters. The fraction of sp³-hybridized carbons (Fsp3) is 0.706. The van der Waals surface area contributed by atoms with Crippen molar-refractivity contribution in [2.45, 2.75) is 70.9 Å². The molecule has 0 aromatic carbocycles. The van der Waals surface area contributed by atoms with E-state index in [0.29, 0.717) is 0 Å². The second-order valence-corrected chi connectivity index (χ2v) is 5.97. The highest BCUT2D eigenvalue weighted by Gasteiger charge is 2.51. The van der Waals surface area contributed by atoms with E-state index in [1.807, 2.05) is 0 Å². The number of nitrogens with zero attached hydrogens (tertiary/aromatic N) is 2. The van der Waals surface area contributed by atoms with Crippen molar-refractivity contribution < 1.29 is 29.9 Å². The molecule has 3 rings (SSSR count). The number of anilines is 1. The van der Waals surface area contributed by atoms with Crippen molar-refractivity contribution in [3.05, 3.63) is 18.3 Å². The molecule has 22 heavy (non-hydrogen) atoms. The van der Waals surface area contributed by atoms with Crippen LogP contribution in [0.1, 0.15) is 74.2 Å². The number of pyridine rings is 1. The van der Waals surface area contributed by atoms with Gasteiger partial charge >= 0.3 is 7.12 Å². The van der Waals surface area contributed by atoms with Gasteiger partial charge in [0.1, 0.15) is 5.82 Å². The summed E-state index contributed by atoms with van der Waals surface area (Å²) in [4.78, 5) is 3.48. The monoisotopic (exact) mass is 317 g/mol. The molecular formula is C17H27BN2O2. The van der Waals surface area contributed by atoms with E-state index in [0.717, 1.165) is 0 Å². The first-order valence-corrected chi connectivity index (χ1v) is 6.79. The van der Waals surface area contributed by atoms with Crippen LogP contribution < -0.4 is 10.4 Å². The van der Waals surface area contributed by atoms with Gasteiger partial charge in [-0.25, -0.2) is 4.98 Å². The van der Waals surface area contributed by atoms with Gasteiger partial charge in [0.15, 0.2) is 0 Å². The van der Waals surface area contributed by atoms with Crippen molar-refractivity contribution in [2.75, 3.05) is 11.4 Å². The third-order valence-electron chi connectivity index (χ3n) is 3.93. The summed E-state index contributed by atoms with van der Waals surface area (Å²) in [5.74, 6) is -1.19. The number of piperidine rings is 1. The standard InChI is InChI=1S/C17H27BN2O2/c1-13-8-6-7-11-20(13)15-10-9-14(12-19-15)18-21-16(2,3)17(4,5)22-18/h9-10,12-13H,6-8,11H2,1-5H3/i1D3,6D2,7D2,8D2,9D,10D,11D2,12D,13D. The predicted octanol–water partition coefficient (Wildman–Crippen LogP) is 2.76. The summed E-state index contributed by atoms with van der Waals surface area (Å²) in [5.41, 5.74) is -2.20. The van der Waals surface area contributed by atoms with Crippen molar-refractivity contribution in [3.8, 4) is 0 Å². The third-order valence-corrected chi connectivity index (χ3v) is 3.93. The lowest BCUT2D eigenvalue weighted by Crippen LogP contribution is -2.41. The van der Waals surface area contributed by atoms with Crippen molar-refractivity contribution >= 4 is 18.4 Å². The van der Waals surface area contributed by atoms with Crippen molar-refractivity contribution in [1.82, 2.24) is 4.98 Å². The van der Waals surface area contributed by atoms with Gasteiger partial charge in [0, 0.05) is 39.2 Å². The molecule has 0 amide bonds. The normalized spacial score (nSPS) is 50.3. The molecule has 0 N–H and O–H groups in total. The van der Waals surface area contributed by atoms with E-state index in [4.69, 9.17) is 29.9 Å². The highest BCUT2D eigenvalue weighted by molar-refractivity contribution is 6.62. The maximum atomic E-state index is 8.67. The van der Waals surface area contributed by atoms with Crippen molar-refractivity contribution in [2.24, 2.45) is 0 Å². The van der Waals surface area contributed by atoms with Crippen LogP contribution in [0.4, 0.5) is 5.82 Å².